The molecule has 0 fully saturated rings. The number of thioether (sulfide) groups is 1. The smallest absolute Gasteiger partial charge is 0.336 e. The monoisotopic (exact) mass is 372 g/mol. The molecule has 112 valence electrons. The number of amides is 3. The molecule has 1 aromatic rings. The number of hydrogen-bond acceptors (Lipinski definition) is 4. The Bertz CT molecular complexity index is 577. The fourth-order valence-corrected chi connectivity index (χ4v) is 2.43. The van der Waals surface area contributed by atoms with Crippen molar-refractivity contribution in [1.29, 1.82) is 0 Å². The SMILES string of the molecule is C=CCNC(=O)NC(=O)CSc1ccc(Br)c(C(=O)O)c1. The van der Waals surface area contributed by atoms with Gasteiger partial charge in [-0.15, -0.1) is 18.3 Å². The highest BCUT2D eigenvalue weighted by atomic mass is 79.9. The third kappa shape index (κ3) is 6.01. The second-order valence-corrected chi connectivity index (χ2v) is 5.69. The van der Waals surface area contributed by atoms with Crippen LogP contribution in [0.5, 0.6) is 0 Å². The van der Waals surface area contributed by atoms with Gasteiger partial charge in [0.15, 0.2) is 0 Å². The summed E-state index contributed by atoms with van der Waals surface area (Å²) in [5, 5.41) is 13.6. The van der Waals surface area contributed by atoms with Gasteiger partial charge in [0.1, 0.15) is 0 Å². The van der Waals surface area contributed by atoms with Crippen LogP contribution in [0.15, 0.2) is 40.2 Å². The van der Waals surface area contributed by atoms with E-state index >= 15 is 0 Å². The number of rotatable bonds is 6. The van der Waals surface area contributed by atoms with Gasteiger partial charge in [0.2, 0.25) is 5.91 Å². The maximum Gasteiger partial charge on any atom is 0.336 e. The number of carbonyl (C=O) groups is 3. The lowest BCUT2D eigenvalue weighted by Gasteiger charge is -2.06. The summed E-state index contributed by atoms with van der Waals surface area (Å²) in [6.07, 6.45) is 1.49. The zero-order chi connectivity index (χ0) is 15.8. The van der Waals surface area contributed by atoms with Gasteiger partial charge in [0.25, 0.3) is 0 Å². The minimum absolute atomic E-state index is 0.00218. The van der Waals surface area contributed by atoms with Crippen LogP contribution in [0, 0.1) is 0 Å². The molecule has 0 saturated heterocycles. The molecule has 0 radical (unpaired) electrons. The first kappa shape index (κ1) is 17.3. The predicted molar refractivity (Wildman–Crippen MR) is 83.6 cm³/mol. The molecule has 0 aromatic heterocycles. The van der Waals surface area contributed by atoms with Gasteiger partial charge in [0.05, 0.1) is 11.3 Å². The largest absolute Gasteiger partial charge is 0.478 e. The summed E-state index contributed by atoms with van der Waals surface area (Å²) in [4.78, 5) is 34.4. The average Bonchev–Trinajstić information content (AvgIpc) is 2.43. The summed E-state index contributed by atoms with van der Waals surface area (Å²) in [5.74, 6) is -1.53. The molecule has 0 bridgehead atoms. The van der Waals surface area contributed by atoms with Crippen LogP contribution in [-0.4, -0.2) is 35.3 Å². The number of hydrogen-bond donors (Lipinski definition) is 3. The molecule has 21 heavy (non-hydrogen) atoms. The molecule has 3 amide bonds. The van der Waals surface area contributed by atoms with E-state index in [1.165, 1.54) is 12.1 Å². The summed E-state index contributed by atoms with van der Waals surface area (Å²) in [6, 6.07) is 4.15. The zero-order valence-corrected chi connectivity index (χ0v) is 13.3. The molecular formula is C13H13BrN2O4S. The molecule has 1 rings (SSSR count). The van der Waals surface area contributed by atoms with Crippen molar-refractivity contribution >= 4 is 45.6 Å². The summed E-state index contributed by atoms with van der Waals surface area (Å²) in [7, 11) is 0. The zero-order valence-electron chi connectivity index (χ0n) is 10.9. The van der Waals surface area contributed by atoms with Gasteiger partial charge in [-0.2, -0.15) is 0 Å². The maximum atomic E-state index is 11.5. The molecule has 8 heteroatoms. The summed E-state index contributed by atoms with van der Waals surface area (Å²) in [5.41, 5.74) is 0.115. The van der Waals surface area contributed by atoms with E-state index < -0.39 is 17.9 Å². The van der Waals surface area contributed by atoms with Crippen LogP contribution in [-0.2, 0) is 4.79 Å². The quantitative estimate of drug-likeness (QED) is 0.525. The average molecular weight is 373 g/mol. The molecule has 6 nitrogen and oxygen atoms in total. The predicted octanol–water partition coefficient (Wildman–Crippen LogP) is 2.25. The van der Waals surface area contributed by atoms with E-state index in [0.717, 1.165) is 11.8 Å². The van der Waals surface area contributed by atoms with Crippen LogP contribution in [0.4, 0.5) is 4.79 Å². The van der Waals surface area contributed by atoms with Crippen LogP contribution in [0.3, 0.4) is 0 Å². The Morgan fingerprint density at radius 2 is 2.10 bits per heavy atom. The van der Waals surface area contributed by atoms with E-state index in [9.17, 15) is 14.4 Å². The lowest BCUT2D eigenvalue weighted by molar-refractivity contribution is -0.117. The maximum absolute atomic E-state index is 11.5. The molecule has 0 spiro atoms. The number of nitrogens with one attached hydrogen (secondary N) is 2. The number of aromatic carboxylic acids is 1. The van der Waals surface area contributed by atoms with E-state index in [2.05, 4.69) is 33.1 Å². The first-order valence-corrected chi connectivity index (χ1v) is 7.56. The van der Waals surface area contributed by atoms with Crippen LogP contribution >= 0.6 is 27.7 Å². The van der Waals surface area contributed by atoms with Crippen LogP contribution in [0.1, 0.15) is 10.4 Å². The highest BCUT2D eigenvalue weighted by Crippen LogP contribution is 2.24. The normalized spacial score (nSPS) is 9.76. The van der Waals surface area contributed by atoms with Crippen molar-refractivity contribution < 1.29 is 19.5 Å². The molecule has 0 atom stereocenters. The number of carboxylic acids is 1. The van der Waals surface area contributed by atoms with Gasteiger partial charge in [-0.05, 0) is 34.1 Å². The molecule has 0 saturated carbocycles. The van der Waals surface area contributed by atoms with Crippen molar-refractivity contribution in [2.45, 2.75) is 4.90 Å². The number of carboxylic acid groups (broad SMARTS) is 1. The minimum Gasteiger partial charge on any atom is -0.478 e. The first-order chi connectivity index (χ1) is 9.93. The molecule has 3 N–H and O–H groups in total. The Balaban J connectivity index is 2.53. The van der Waals surface area contributed by atoms with Gasteiger partial charge in [-0.3, -0.25) is 10.1 Å². The van der Waals surface area contributed by atoms with Crippen LogP contribution < -0.4 is 10.6 Å². The van der Waals surface area contributed by atoms with Gasteiger partial charge in [0, 0.05) is 15.9 Å². The Kier molecular flexibility index (Phi) is 6.97. The number of halogens is 1. The summed E-state index contributed by atoms with van der Waals surface area (Å²) >= 11 is 4.28. The van der Waals surface area contributed by atoms with E-state index in [1.54, 1.807) is 12.1 Å². The Morgan fingerprint density at radius 3 is 2.71 bits per heavy atom. The molecule has 1 aromatic carbocycles. The van der Waals surface area contributed by atoms with Gasteiger partial charge in [-0.25, -0.2) is 9.59 Å². The van der Waals surface area contributed by atoms with Crippen molar-refractivity contribution in [2.75, 3.05) is 12.3 Å². The Morgan fingerprint density at radius 1 is 1.38 bits per heavy atom. The van der Waals surface area contributed by atoms with Crippen LogP contribution in [0.2, 0.25) is 0 Å². The molecule has 0 aliphatic rings. The second kappa shape index (κ2) is 8.48. The topological polar surface area (TPSA) is 95.5 Å². The lowest BCUT2D eigenvalue weighted by atomic mass is 10.2. The minimum atomic E-state index is -1.06. The fraction of sp³-hybridized carbons (Fsp3) is 0.154. The third-order valence-corrected chi connectivity index (χ3v) is 3.88. The Hall–Kier alpha value is -1.80. The number of imide groups is 1. The van der Waals surface area contributed by atoms with Gasteiger partial charge < -0.3 is 10.4 Å². The van der Waals surface area contributed by atoms with Crippen LogP contribution in [0.25, 0.3) is 0 Å². The van der Waals surface area contributed by atoms with Crippen molar-refractivity contribution in [2.24, 2.45) is 0 Å². The van der Waals surface area contributed by atoms with Crippen molar-refractivity contribution in [3.8, 4) is 0 Å². The molecule has 0 aliphatic heterocycles. The van der Waals surface area contributed by atoms with E-state index in [0.29, 0.717) is 9.37 Å². The molecule has 0 unspecified atom stereocenters. The Labute approximate surface area is 134 Å². The summed E-state index contributed by atoms with van der Waals surface area (Å²) < 4.78 is 0.465. The fourth-order valence-electron chi connectivity index (χ4n) is 1.28. The number of urea groups is 1. The highest BCUT2D eigenvalue weighted by Gasteiger charge is 2.11. The molecular weight excluding hydrogens is 360 g/mol. The summed E-state index contributed by atoms with van der Waals surface area (Å²) in [6.45, 7) is 3.70. The van der Waals surface area contributed by atoms with E-state index in [-0.39, 0.29) is 17.9 Å². The lowest BCUT2D eigenvalue weighted by Crippen LogP contribution is -2.40. The standard InChI is InChI=1S/C13H13BrN2O4S/c1-2-5-15-13(20)16-11(17)7-21-8-3-4-10(14)9(6-8)12(18)19/h2-4,6H,1,5,7H2,(H,18,19)(H2,15,16,17,20). The van der Waals surface area contributed by atoms with E-state index in [4.69, 9.17) is 5.11 Å². The molecule has 0 aliphatic carbocycles. The third-order valence-electron chi connectivity index (χ3n) is 2.20. The van der Waals surface area contributed by atoms with E-state index in [1.807, 2.05) is 0 Å². The second-order valence-electron chi connectivity index (χ2n) is 3.78. The number of carbonyl (C=O) groups excluding carboxylic acids is 2. The van der Waals surface area contributed by atoms with Gasteiger partial charge in [-0.1, -0.05) is 6.08 Å². The van der Waals surface area contributed by atoms with Crippen molar-refractivity contribution in [3.05, 3.63) is 40.9 Å². The molecule has 0 heterocycles. The van der Waals surface area contributed by atoms with Gasteiger partial charge >= 0.3 is 12.0 Å². The van der Waals surface area contributed by atoms with Crippen molar-refractivity contribution in [1.82, 2.24) is 10.6 Å². The number of benzene rings is 1. The van der Waals surface area contributed by atoms with Crippen molar-refractivity contribution in [3.63, 3.8) is 0 Å². The first-order valence-electron chi connectivity index (χ1n) is 5.78. The highest BCUT2D eigenvalue weighted by molar-refractivity contribution is 9.10.